The average Bonchev–Trinajstić information content (AvgIpc) is 2.39. The third kappa shape index (κ3) is 3.58. The summed E-state index contributed by atoms with van der Waals surface area (Å²) >= 11 is 0. The number of ether oxygens (including phenoxy) is 1. The molecule has 2 rings (SSSR count). The van der Waals surface area contributed by atoms with E-state index in [9.17, 15) is 9.18 Å². The first-order valence-electron chi connectivity index (χ1n) is 6.80. The first-order chi connectivity index (χ1) is 10.2. The van der Waals surface area contributed by atoms with Crippen LogP contribution in [0.25, 0.3) is 11.3 Å². The predicted molar refractivity (Wildman–Crippen MR) is 81.7 cm³/mol. The van der Waals surface area contributed by atoms with Gasteiger partial charge >= 0.3 is 5.97 Å². The molecule has 0 spiro atoms. The first kappa shape index (κ1) is 15.9. The smallest absolute Gasteiger partial charge is 0.341 e. The van der Waals surface area contributed by atoms with Crippen LogP contribution in [-0.4, -0.2) is 21.5 Å². The number of nitrogens with two attached hydrogens (primary N) is 1. The zero-order chi connectivity index (χ0) is 16.5. The molecule has 116 valence electrons. The standard InChI is InChI=1S/C16H18FN3O2/c1-9-8-19-14(18)13(20-9)10-5-6-11(12(17)7-10)15(21)22-16(2,3)4/h5-8H,1-4H3,(H2,18,19). The number of nitrogens with zero attached hydrogens (tertiary/aromatic N) is 2. The van der Waals surface area contributed by atoms with E-state index >= 15 is 0 Å². The Bertz CT molecular complexity index is 724. The third-order valence-electron chi connectivity index (χ3n) is 2.78. The number of halogens is 1. The maximum Gasteiger partial charge on any atom is 0.341 e. The first-order valence-corrected chi connectivity index (χ1v) is 6.80. The van der Waals surface area contributed by atoms with Crippen molar-refractivity contribution in [2.24, 2.45) is 0 Å². The quantitative estimate of drug-likeness (QED) is 0.862. The number of hydrogen-bond donors (Lipinski definition) is 1. The molecule has 2 N–H and O–H groups in total. The van der Waals surface area contributed by atoms with E-state index in [0.717, 1.165) is 0 Å². The van der Waals surface area contributed by atoms with Crippen molar-refractivity contribution in [2.45, 2.75) is 33.3 Å². The normalized spacial score (nSPS) is 11.3. The Kier molecular flexibility index (Phi) is 4.12. The number of nitrogen functional groups attached to an aromatic ring is 1. The van der Waals surface area contributed by atoms with Crippen LogP contribution >= 0.6 is 0 Å². The summed E-state index contributed by atoms with van der Waals surface area (Å²) in [7, 11) is 0. The van der Waals surface area contributed by atoms with E-state index < -0.39 is 17.4 Å². The number of benzene rings is 1. The molecular formula is C16H18FN3O2. The second kappa shape index (κ2) is 5.71. The van der Waals surface area contributed by atoms with Crippen LogP contribution in [0, 0.1) is 12.7 Å². The van der Waals surface area contributed by atoms with Crippen molar-refractivity contribution in [3.63, 3.8) is 0 Å². The molecule has 0 unspecified atom stereocenters. The van der Waals surface area contributed by atoms with Crippen molar-refractivity contribution in [1.29, 1.82) is 0 Å². The molecule has 0 saturated carbocycles. The number of carbonyl (C=O) groups excluding carboxylic acids is 1. The monoisotopic (exact) mass is 303 g/mol. The summed E-state index contributed by atoms with van der Waals surface area (Å²) in [5.74, 6) is -1.19. The summed E-state index contributed by atoms with van der Waals surface area (Å²) in [5, 5.41) is 0. The number of esters is 1. The van der Waals surface area contributed by atoms with E-state index in [2.05, 4.69) is 9.97 Å². The molecule has 0 bridgehead atoms. The highest BCUT2D eigenvalue weighted by molar-refractivity contribution is 5.90. The minimum Gasteiger partial charge on any atom is -0.456 e. The molecule has 1 aromatic heterocycles. The summed E-state index contributed by atoms with van der Waals surface area (Å²) in [6, 6.07) is 4.14. The van der Waals surface area contributed by atoms with Crippen LogP contribution in [0.5, 0.6) is 0 Å². The van der Waals surface area contributed by atoms with Crippen molar-refractivity contribution in [2.75, 3.05) is 5.73 Å². The molecule has 0 aliphatic heterocycles. The Morgan fingerprint density at radius 3 is 2.59 bits per heavy atom. The number of carbonyl (C=O) groups is 1. The lowest BCUT2D eigenvalue weighted by atomic mass is 10.1. The summed E-state index contributed by atoms with van der Waals surface area (Å²) in [4.78, 5) is 20.2. The van der Waals surface area contributed by atoms with E-state index in [1.807, 2.05) is 0 Å². The van der Waals surface area contributed by atoms with E-state index in [-0.39, 0.29) is 11.4 Å². The minimum atomic E-state index is -0.708. The fourth-order valence-electron chi connectivity index (χ4n) is 1.86. The molecule has 6 heteroatoms. The van der Waals surface area contributed by atoms with Crippen LogP contribution in [0.4, 0.5) is 10.2 Å². The molecule has 1 heterocycles. The Balaban J connectivity index is 2.38. The summed E-state index contributed by atoms with van der Waals surface area (Å²) in [5.41, 5.74) is 6.46. The van der Waals surface area contributed by atoms with Gasteiger partial charge in [-0.1, -0.05) is 6.07 Å². The molecule has 0 aliphatic carbocycles. The van der Waals surface area contributed by atoms with E-state index in [4.69, 9.17) is 10.5 Å². The molecule has 2 aromatic rings. The van der Waals surface area contributed by atoms with Gasteiger partial charge in [-0.25, -0.2) is 19.2 Å². The number of hydrogen-bond acceptors (Lipinski definition) is 5. The maximum absolute atomic E-state index is 14.2. The van der Waals surface area contributed by atoms with Gasteiger partial charge in [0, 0.05) is 5.56 Å². The van der Waals surface area contributed by atoms with Crippen LogP contribution < -0.4 is 5.73 Å². The van der Waals surface area contributed by atoms with Gasteiger partial charge in [0.05, 0.1) is 17.5 Å². The van der Waals surface area contributed by atoms with E-state index in [0.29, 0.717) is 17.0 Å². The minimum absolute atomic E-state index is 0.127. The lowest BCUT2D eigenvalue weighted by Gasteiger charge is -2.19. The maximum atomic E-state index is 14.2. The molecule has 0 fully saturated rings. The number of rotatable bonds is 2. The zero-order valence-corrected chi connectivity index (χ0v) is 13.0. The largest absolute Gasteiger partial charge is 0.456 e. The van der Waals surface area contributed by atoms with Gasteiger partial charge in [-0.2, -0.15) is 0 Å². The van der Waals surface area contributed by atoms with Crippen LogP contribution in [0.2, 0.25) is 0 Å². The predicted octanol–water partition coefficient (Wildman–Crippen LogP) is 3.13. The fourth-order valence-corrected chi connectivity index (χ4v) is 1.86. The van der Waals surface area contributed by atoms with Crippen molar-refractivity contribution in [3.05, 3.63) is 41.5 Å². The van der Waals surface area contributed by atoms with Crippen molar-refractivity contribution in [1.82, 2.24) is 9.97 Å². The van der Waals surface area contributed by atoms with E-state index in [1.165, 1.54) is 18.3 Å². The van der Waals surface area contributed by atoms with Gasteiger partial charge < -0.3 is 10.5 Å². The van der Waals surface area contributed by atoms with Crippen LogP contribution in [0.3, 0.4) is 0 Å². The SMILES string of the molecule is Cc1cnc(N)c(-c2ccc(C(=O)OC(C)(C)C)c(F)c2)n1. The molecule has 22 heavy (non-hydrogen) atoms. The van der Waals surface area contributed by atoms with Gasteiger partial charge in [-0.05, 0) is 39.8 Å². The van der Waals surface area contributed by atoms with E-state index in [1.54, 1.807) is 33.8 Å². The summed E-state index contributed by atoms with van der Waals surface area (Å²) in [6.07, 6.45) is 1.53. The summed E-state index contributed by atoms with van der Waals surface area (Å²) < 4.78 is 19.4. The molecule has 0 aliphatic rings. The number of aryl methyl sites for hydroxylation is 1. The molecule has 0 amide bonds. The highest BCUT2D eigenvalue weighted by Crippen LogP contribution is 2.25. The second-order valence-electron chi connectivity index (χ2n) is 5.94. The number of anilines is 1. The zero-order valence-electron chi connectivity index (χ0n) is 13.0. The van der Waals surface area contributed by atoms with Gasteiger partial charge in [0.15, 0.2) is 0 Å². The van der Waals surface area contributed by atoms with Crippen molar-refractivity contribution in [3.8, 4) is 11.3 Å². The molecule has 1 aromatic carbocycles. The molecule has 5 nitrogen and oxygen atoms in total. The van der Waals surface area contributed by atoms with Crippen molar-refractivity contribution >= 4 is 11.8 Å². The Morgan fingerprint density at radius 2 is 2.00 bits per heavy atom. The highest BCUT2D eigenvalue weighted by Gasteiger charge is 2.21. The number of aromatic nitrogens is 2. The van der Waals surface area contributed by atoms with Gasteiger partial charge in [0.1, 0.15) is 22.9 Å². The van der Waals surface area contributed by atoms with Gasteiger partial charge in [-0.15, -0.1) is 0 Å². The lowest BCUT2D eigenvalue weighted by Crippen LogP contribution is -2.24. The molecule has 0 radical (unpaired) electrons. The lowest BCUT2D eigenvalue weighted by molar-refractivity contribution is 0.00648. The highest BCUT2D eigenvalue weighted by atomic mass is 19.1. The van der Waals surface area contributed by atoms with Crippen LogP contribution in [-0.2, 0) is 4.74 Å². The van der Waals surface area contributed by atoms with Gasteiger partial charge in [0.25, 0.3) is 0 Å². The molecule has 0 saturated heterocycles. The topological polar surface area (TPSA) is 78.1 Å². The fraction of sp³-hybridized carbons (Fsp3) is 0.312. The van der Waals surface area contributed by atoms with Crippen molar-refractivity contribution < 1.29 is 13.9 Å². The Labute approximate surface area is 128 Å². The Hall–Kier alpha value is -2.50. The Morgan fingerprint density at radius 1 is 1.32 bits per heavy atom. The average molecular weight is 303 g/mol. The molecule has 0 atom stereocenters. The third-order valence-corrected chi connectivity index (χ3v) is 2.78. The summed E-state index contributed by atoms with van der Waals surface area (Å²) in [6.45, 7) is 6.93. The van der Waals surface area contributed by atoms with Crippen LogP contribution in [0.1, 0.15) is 36.8 Å². The molecular weight excluding hydrogens is 285 g/mol. The van der Waals surface area contributed by atoms with Crippen LogP contribution in [0.15, 0.2) is 24.4 Å². The van der Waals surface area contributed by atoms with Gasteiger partial charge in [0.2, 0.25) is 0 Å². The van der Waals surface area contributed by atoms with Gasteiger partial charge in [-0.3, -0.25) is 0 Å². The second-order valence-corrected chi connectivity index (χ2v) is 5.94.